The van der Waals surface area contributed by atoms with Crippen molar-refractivity contribution in [1.29, 1.82) is 0 Å². The fraction of sp³-hybridized carbons (Fsp3) is 0.650. The van der Waals surface area contributed by atoms with E-state index in [9.17, 15) is 9.90 Å². The van der Waals surface area contributed by atoms with Gasteiger partial charge in [-0.25, -0.2) is 0 Å². The molecule has 132 valence electrons. The highest BCUT2D eigenvalue weighted by Crippen LogP contribution is 2.28. The molecule has 1 aromatic rings. The van der Waals surface area contributed by atoms with Gasteiger partial charge >= 0.3 is 0 Å². The predicted octanol–water partition coefficient (Wildman–Crippen LogP) is 3.50. The number of nitrogens with one attached hydrogen (secondary N) is 1. The first-order valence-corrected chi connectivity index (χ1v) is 9.40. The Kier molecular flexibility index (Phi) is 6.27. The van der Waals surface area contributed by atoms with Crippen molar-refractivity contribution in [2.75, 3.05) is 0 Å². The molecule has 2 N–H and O–H groups in total. The monoisotopic (exact) mass is 331 g/mol. The van der Waals surface area contributed by atoms with Gasteiger partial charge < -0.3 is 15.2 Å². The van der Waals surface area contributed by atoms with E-state index in [0.29, 0.717) is 6.10 Å². The van der Waals surface area contributed by atoms with Crippen molar-refractivity contribution in [3.05, 3.63) is 35.9 Å². The lowest BCUT2D eigenvalue weighted by atomic mass is 9.92. The smallest absolute Gasteiger partial charge is 0.223 e. The Morgan fingerprint density at radius 3 is 2.50 bits per heavy atom. The number of rotatable bonds is 6. The molecule has 2 fully saturated rings. The third kappa shape index (κ3) is 4.81. The summed E-state index contributed by atoms with van der Waals surface area (Å²) in [4.78, 5) is 12.4. The summed E-state index contributed by atoms with van der Waals surface area (Å²) in [5.74, 6) is -0.0849. The van der Waals surface area contributed by atoms with Gasteiger partial charge in [-0.1, -0.05) is 56.0 Å². The number of amides is 1. The zero-order valence-electron chi connectivity index (χ0n) is 14.3. The van der Waals surface area contributed by atoms with Crippen LogP contribution in [0.15, 0.2) is 30.3 Å². The first-order valence-electron chi connectivity index (χ1n) is 9.40. The van der Waals surface area contributed by atoms with E-state index in [2.05, 4.69) is 5.32 Å². The van der Waals surface area contributed by atoms with Crippen LogP contribution in [0.2, 0.25) is 0 Å². The Balaban J connectivity index is 1.51. The molecular formula is C20H29NO3. The first-order chi connectivity index (χ1) is 11.7. The van der Waals surface area contributed by atoms with Crippen LogP contribution >= 0.6 is 0 Å². The molecule has 0 bridgehead atoms. The summed E-state index contributed by atoms with van der Waals surface area (Å²) in [5.41, 5.74) is 0.787. The topological polar surface area (TPSA) is 58.6 Å². The van der Waals surface area contributed by atoms with E-state index in [0.717, 1.165) is 37.7 Å². The minimum Gasteiger partial charge on any atom is -0.388 e. The lowest BCUT2D eigenvalue weighted by Gasteiger charge is -2.34. The SMILES string of the molecule is O=C(CC(O)c1ccccc1)NC1CCCCC1OC1CCCC1. The fourth-order valence-corrected chi connectivity index (χ4v) is 3.93. The van der Waals surface area contributed by atoms with Crippen molar-refractivity contribution >= 4 is 5.91 Å². The molecule has 2 aliphatic rings. The van der Waals surface area contributed by atoms with Crippen LogP contribution in [-0.4, -0.2) is 29.3 Å². The number of ether oxygens (including phenoxy) is 1. The highest BCUT2D eigenvalue weighted by Gasteiger charge is 2.30. The lowest BCUT2D eigenvalue weighted by Crippen LogP contribution is -2.47. The van der Waals surface area contributed by atoms with Crippen molar-refractivity contribution < 1.29 is 14.6 Å². The zero-order valence-corrected chi connectivity index (χ0v) is 14.3. The van der Waals surface area contributed by atoms with Crippen molar-refractivity contribution in [2.24, 2.45) is 0 Å². The second kappa shape index (κ2) is 8.63. The molecule has 0 radical (unpaired) electrons. The molecule has 3 unspecified atom stereocenters. The average molecular weight is 331 g/mol. The molecule has 0 heterocycles. The van der Waals surface area contributed by atoms with Crippen LogP contribution in [0.25, 0.3) is 0 Å². The zero-order chi connectivity index (χ0) is 16.8. The van der Waals surface area contributed by atoms with Crippen molar-refractivity contribution in [3.8, 4) is 0 Å². The van der Waals surface area contributed by atoms with Gasteiger partial charge in [0, 0.05) is 0 Å². The van der Waals surface area contributed by atoms with E-state index in [4.69, 9.17) is 4.74 Å². The fourth-order valence-electron chi connectivity index (χ4n) is 3.93. The number of carbonyl (C=O) groups is 1. The summed E-state index contributed by atoms with van der Waals surface area (Å²) >= 11 is 0. The van der Waals surface area contributed by atoms with E-state index in [1.165, 1.54) is 19.3 Å². The van der Waals surface area contributed by atoms with Crippen molar-refractivity contribution in [2.45, 2.75) is 82.1 Å². The Bertz CT molecular complexity index is 513. The summed E-state index contributed by atoms with van der Waals surface area (Å²) in [6.07, 6.45) is 9.03. The summed E-state index contributed by atoms with van der Waals surface area (Å²) in [6, 6.07) is 9.46. The number of benzene rings is 1. The van der Waals surface area contributed by atoms with Gasteiger partial charge in [-0.05, 0) is 31.2 Å². The third-order valence-electron chi connectivity index (χ3n) is 5.28. The van der Waals surface area contributed by atoms with Crippen LogP contribution in [0.4, 0.5) is 0 Å². The second-order valence-electron chi connectivity index (χ2n) is 7.17. The molecule has 2 saturated carbocycles. The Labute approximate surface area is 144 Å². The van der Waals surface area contributed by atoms with E-state index in [1.54, 1.807) is 0 Å². The van der Waals surface area contributed by atoms with Gasteiger partial charge in [-0.15, -0.1) is 0 Å². The minimum absolute atomic E-state index is 0.0849. The van der Waals surface area contributed by atoms with Crippen molar-refractivity contribution in [3.63, 3.8) is 0 Å². The quantitative estimate of drug-likeness (QED) is 0.839. The molecular weight excluding hydrogens is 302 g/mol. The lowest BCUT2D eigenvalue weighted by molar-refractivity contribution is -0.126. The van der Waals surface area contributed by atoms with E-state index >= 15 is 0 Å². The standard InChI is InChI=1S/C20H29NO3/c22-18(15-8-2-1-3-9-15)14-20(23)21-17-12-6-7-13-19(17)24-16-10-4-5-11-16/h1-3,8-9,16-19,22H,4-7,10-14H2,(H,21,23). The maximum Gasteiger partial charge on any atom is 0.223 e. The first kappa shape index (κ1) is 17.4. The molecule has 3 rings (SSSR count). The van der Waals surface area contributed by atoms with Crippen molar-refractivity contribution in [1.82, 2.24) is 5.32 Å². The van der Waals surface area contributed by atoms with E-state index in [-0.39, 0.29) is 24.5 Å². The van der Waals surface area contributed by atoms with Crippen LogP contribution in [0, 0.1) is 0 Å². The number of hydrogen-bond donors (Lipinski definition) is 2. The average Bonchev–Trinajstić information content (AvgIpc) is 3.10. The number of aliphatic hydroxyl groups is 1. The Morgan fingerprint density at radius 1 is 1.08 bits per heavy atom. The second-order valence-corrected chi connectivity index (χ2v) is 7.17. The summed E-state index contributed by atoms with van der Waals surface area (Å²) in [7, 11) is 0. The van der Waals surface area contributed by atoms with Crippen LogP contribution in [-0.2, 0) is 9.53 Å². The Hall–Kier alpha value is -1.39. The molecule has 1 aromatic carbocycles. The van der Waals surface area contributed by atoms with Gasteiger partial charge in [-0.3, -0.25) is 4.79 Å². The molecule has 0 saturated heterocycles. The minimum atomic E-state index is -0.746. The van der Waals surface area contributed by atoms with Gasteiger partial charge in [0.25, 0.3) is 0 Å². The van der Waals surface area contributed by atoms with Gasteiger partial charge in [0.15, 0.2) is 0 Å². The van der Waals surface area contributed by atoms with Gasteiger partial charge in [0.05, 0.1) is 30.8 Å². The maximum atomic E-state index is 12.4. The molecule has 1 amide bonds. The number of hydrogen-bond acceptors (Lipinski definition) is 3. The molecule has 2 aliphatic carbocycles. The van der Waals surface area contributed by atoms with Gasteiger partial charge in [-0.2, -0.15) is 0 Å². The maximum absolute atomic E-state index is 12.4. The molecule has 0 aliphatic heterocycles. The Morgan fingerprint density at radius 2 is 1.75 bits per heavy atom. The molecule has 4 nitrogen and oxygen atoms in total. The van der Waals surface area contributed by atoms with Gasteiger partial charge in [0.1, 0.15) is 0 Å². The number of aliphatic hydroxyl groups excluding tert-OH is 1. The van der Waals surface area contributed by atoms with E-state index in [1.807, 2.05) is 30.3 Å². The van der Waals surface area contributed by atoms with Crippen LogP contribution in [0.5, 0.6) is 0 Å². The summed E-state index contributed by atoms with van der Waals surface area (Å²) < 4.78 is 6.28. The third-order valence-corrected chi connectivity index (χ3v) is 5.28. The number of carbonyl (C=O) groups excluding carboxylic acids is 1. The highest BCUT2D eigenvalue weighted by atomic mass is 16.5. The van der Waals surface area contributed by atoms with Crippen LogP contribution in [0.3, 0.4) is 0 Å². The molecule has 3 atom stereocenters. The predicted molar refractivity (Wildman–Crippen MR) is 93.5 cm³/mol. The molecule has 24 heavy (non-hydrogen) atoms. The molecule has 0 spiro atoms. The highest BCUT2D eigenvalue weighted by molar-refractivity contribution is 5.77. The van der Waals surface area contributed by atoms with Crippen LogP contribution < -0.4 is 5.32 Å². The normalized spacial score (nSPS) is 26.2. The largest absolute Gasteiger partial charge is 0.388 e. The summed E-state index contributed by atoms with van der Waals surface area (Å²) in [6.45, 7) is 0. The van der Waals surface area contributed by atoms with Gasteiger partial charge in [0.2, 0.25) is 5.91 Å². The van der Waals surface area contributed by atoms with Crippen LogP contribution in [0.1, 0.15) is 69.5 Å². The molecule has 4 heteroatoms. The molecule has 0 aromatic heterocycles. The van der Waals surface area contributed by atoms with E-state index < -0.39 is 6.10 Å². The summed E-state index contributed by atoms with van der Waals surface area (Å²) in [5, 5.41) is 13.3.